The zero-order chi connectivity index (χ0) is 17.1. The number of nitrogens with one attached hydrogen (secondary N) is 1. The molecule has 0 fully saturated rings. The summed E-state index contributed by atoms with van der Waals surface area (Å²) >= 11 is 5.83. The van der Waals surface area contributed by atoms with Gasteiger partial charge in [-0.3, -0.25) is 4.79 Å². The van der Waals surface area contributed by atoms with Crippen molar-refractivity contribution >= 4 is 28.9 Å². The number of amides is 1. The molecule has 2 aromatic carbocycles. The molecule has 124 valence electrons. The van der Waals surface area contributed by atoms with Crippen LogP contribution in [-0.4, -0.2) is 17.7 Å². The van der Waals surface area contributed by atoms with E-state index in [0.29, 0.717) is 11.4 Å². The second-order valence-electron chi connectivity index (χ2n) is 6.11. The molecule has 24 heavy (non-hydrogen) atoms. The van der Waals surface area contributed by atoms with Crippen molar-refractivity contribution in [3.63, 3.8) is 0 Å². The van der Waals surface area contributed by atoms with E-state index < -0.39 is 0 Å². The molecule has 0 spiro atoms. The number of carbonyl (C=O) groups is 1. The van der Waals surface area contributed by atoms with Crippen LogP contribution in [0.25, 0.3) is 0 Å². The van der Waals surface area contributed by atoms with Crippen LogP contribution in [0.2, 0.25) is 5.02 Å². The fourth-order valence-electron chi connectivity index (χ4n) is 2.80. The fraction of sp³-hybridized carbons (Fsp3) is 0.263. The highest BCUT2D eigenvalue weighted by Gasteiger charge is 2.25. The van der Waals surface area contributed by atoms with Crippen LogP contribution in [0.5, 0.6) is 0 Å². The van der Waals surface area contributed by atoms with E-state index in [1.54, 1.807) is 24.3 Å². The standard InChI is InChI=1S/C19H19ClN2O2/c1-12-7-13(2)9-14(8-12)18-10-17(24-22-18)11-19(23)21-16-5-3-15(20)4-6-16/h3-9,17H,10-11H2,1-2H3,(H,21,23). The third-order valence-corrected chi connectivity index (χ3v) is 4.08. The van der Waals surface area contributed by atoms with Crippen LogP contribution in [0.3, 0.4) is 0 Å². The monoisotopic (exact) mass is 342 g/mol. The van der Waals surface area contributed by atoms with Crippen molar-refractivity contribution < 1.29 is 9.63 Å². The second-order valence-corrected chi connectivity index (χ2v) is 6.54. The molecule has 1 atom stereocenters. The molecule has 5 heteroatoms. The van der Waals surface area contributed by atoms with Gasteiger partial charge in [-0.15, -0.1) is 0 Å². The van der Waals surface area contributed by atoms with Gasteiger partial charge in [-0.25, -0.2) is 0 Å². The van der Waals surface area contributed by atoms with E-state index in [1.165, 1.54) is 11.1 Å². The maximum absolute atomic E-state index is 12.1. The van der Waals surface area contributed by atoms with Crippen LogP contribution in [0.15, 0.2) is 47.6 Å². The van der Waals surface area contributed by atoms with Gasteiger partial charge in [0.2, 0.25) is 5.91 Å². The first-order valence-corrected chi connectivity index (χ1v) is 8.24. The first kappa shape index (κ1) is 16.5. The van der Waals surface area contributed by atoms with E-state index in [2.05, 4.69) is 42.5 Å². The Labute approximate surface area is 146 Å². The summed E-state index contributed by atoms with van der Waals surface area (Å²) in [5.74, 6) is -0.0980. The molecular weight excluding hydrogens is 324 g/mol. The van der Waals surface area contributed by atoms with Gasteiger partial charge in [0.25, 0.3) is 0 Å². The first-order valence-electron chi connectivity index (χ1n) is 7.86. The SMILES string of the molecule is Cc1cc(C)cc(C2=NOC(CC(=O)Nc3ccc(Cl)cc3)C2)c1. The Bertz CT molecular complexity index is 764. The van der Waals surface area contributed by atoms with Crippen molar-refractivity contribution in [2.45, 2.75) is 32.8 Å². The van der Waals surface area contributed by atoms with Crippen LogP contribution in [-0.2, 0) is 9.63 Å². The molecule has 1 aliphatic rings. The molecule has 2 aromatic rings. The molecule has 1 amide bonds. The molecule has 1 N–H and O–H groups in total. The van der Waals surface area contributed by atoms with Gasteiger partial charge in [0.15, 0.2) is 0 Å². The minimum Gasteiger partial charge on any atom is -0.391 e. The molecule has 0 radical (unpaired) electrons. The summed E-state index contributed by atoms with van der Waals surface area (Å²) in [6.07, 6.45) is 0.672. The molecule has 0 aromatic heterocycles. The smallest absolute Gasteiger partial charge is 0.228 e. The lowest BCUT2D eigenvalue weighted by Crippen LogP contribution is -2.20. The number of hydrogen-bond acceptors (Lipinski definition) is 3. The molecular formula is C19H19ClN2O2. The van der Waals surface area contributed by atoms with Crippen LogP contribution < -0.4 is 5.32 Å². The summed E-state index contributed by atoms with van der Waals surface area (Å²) in [7, 11) is 0. The Morgan fingerprint density at radius 2 is 1.88 bits per heavy atom. The first-order chi connectivity index (χ1) is 11.5. The lowest BCUT2D eigenvalue weighted by atomic mass is 9.99. The predicted octanol–water partition coefficient (Wildman–Crippen LogP) is 4.48. The van der Waals surface area contributed by atoms with Crippen LogP contribution in [0, 0.1) is 13.8 Å². The number of halogens is 1. The van der Waals surface area contributed by atoms with Crippen molar-refractivity contribution in [3.05, 3.63) is 64.2 Å². The van der Waals surface area contributed by atoms with Gasteiger partial charge < -0.3 is 10.2 Å². The van der Waals surface area contributed by atoms with Crippen molar-refractivity contribution in [1.29, 1.82) is 0 Å². The largest absolute Gasteiger partial charge is 0.391 e. The number of hydrogen-bond donors (Lipinski definition) is 1. The quantitative estimate of drug-likeness (QED) is 0.890. The molecule has 0 bridgehead atoms. The van der Waals surface area contributed by atoms with Gasteiger partial charge in [0.1, 0.15) is 6.10 Å². The number of anilines is 1. The Morgan fingerprint density at radius 3 is 2.54 bits per heavy atom. The van der Waals surface area contributed by atoms with Crippen LogP contribution in [0.1, 0.15) is 29.5 Å². The van der Waals surface area contributed by atoms with E-state index >= 15 is 0 Å². The Hall–Kier alpha value is -2.33. The Morgan fingerprint density at radius 1 is 1.21 bits per heavy atom. The molecule has 0 saturated heterocycles. The van der Waals surface area contributed by atoms with E-state index in [0.717, 1.165) is 17.0 Å². The summed E-state index contributed by atoms with van der Waals surface area (Å²) in [5, 5.41) is 7.64. The minimum absolute atomic E-state index is 0.0980. The number of benzene rings is 2. The van der Waals surface area contributed by atoms with Gasteiger partial charge in [-0.1, -0.05) is 46.1 Å². The van der Waals surface area contributed by atoms with E-state index in [-0.39, 0.29) is 18.4 Å². The number of oxime groups is 1. The highest BCUT2D eigenvalue weighted by molar-refractivity contribution is 6.30. The van der Waals surface area contributed by atoms with Crippen molar-refractivity contribution in [2.75, 3.05) is 5.32 Å². The predicted molar refractivity (Wildman–Crippen MR) is 96.6 cm³/mol. The molecule has 1 aliphatic heterocycles. The molecule has 0 aliphatic carbocycles. The average molecular weight is 343 g/mol. The van der Waals surface area contributed by atoms with Gasteiger partial charge >= 0.3 is 0 Å². The molecule has 1 heterocycles. The lowest BCUT2D eigenvalue weighted by molar-refractivity contribution is -0.118. The summed E-state index contributed by atoms with van der Waals surface area (Å²) in [6, 6.07) is 13.3. The van der Waals surface area contributed by atoms with Crippen LogP contribution >= 0.6 is 11.6 Å². The molecule has 4 nitrogen and oxygen atoms in total. The zero-order valence-corrected chi connectivity index (χ0v) is 14.4. The zero-order valence-electron chi connectivity index (χ0n) is 13.7. The molecule has 1 unspecified atom stereocenters. The van der Waals surface area contributed by atoms with Crippen molar-refractivity contribution in [1.82, 2.24) is 0 Å². The summed E-state index contributed by atoms with van der Waals surface area (Å²) < 4.78 is 0. The molecule has 0 saturated carbocycles. The molecule has 3 rings (SSSR count). The van der Waals surface area contributed by atoms with Gasteiger partial charge in [0.05, 0.1) is 12.1 Å². The van der Waals surface area contributed by atoms with Gasteiger partial charge in [-0.2, -0.15) is 0 Å². The third-order valence-electron chi connectivity index (χ3n) is 3.83. The number of carbonyl (C=O) groups excluding carboxylic acids is 1. The van der Waals surface area contributed by atoms with Gasteiger partial charge in [-0.05, 0) is 43.7 Å². The minimum atomic E-state index is -0.229. The maximum Gasteiger partial charge on any atom is 0.228 e. The maximum atomic E-state index is 12.1. The third kappa shape index (κ3) is 4.15. The Balaban J connectivity index is 1.57. The fourth-order valence-corrected chi connectivity index (χ4v) is 2.93. The number of nitrogens with zero attached hydrogens (tertiary/aromatic N) is 1. The average Bonchev–Trinajstić information content (AvgIpc) is 2.97. The van der Waals surface area contributed by atoms with E-state index in [9.17, 15) is 4.79 Å². The Kier molecular flexibility index (Phi) is 4.86. The van der Waals surface area contributed by atoms with Crippen LogP contribution in [0.4, 0.5) is 5.69 Å². The highest BCUT2D eigenvalue weighted by Crippen LogP contribution is 2.21. The summed E-state index contributed by atoms with van der Waals surface area (Å²) in [5.41, 5.74) is 5.06. The number of rotatable bonds is 4. The normalized spacial score (nSPS) is 16.5. The highest BCUT2D eigenvalue weighted by atomic mass is 35.5. The van der Waals surface area contributed by atoms with Crippen molar-refractivity contribution in [2.24, 2.45) is 5.16 Å². The summed E-state index contributed by atoms with van der Waals surface area (Å²) in [4.78, 5) is 17.6. The number of aryl methyl sites for hydroxylation is 2. The van der Waals surface area contributed by atoms with Crippen molar-refractivity contribution in [3.8, 4) is 0 Å². The second kappa shape index (κ2) is 7.05. The van der Waals surface area contributed by atoms with Gasteiger partial charge in [0, 0.05) is 17.1 Å². The topological polar surface area (TPSA) is 50.7 Å². The van der Waals surface area contributed by atoms with E-state index in [1.807, 2.05) is 0 Å². The lowest BCUT2D eigenvalue weighted by Gasteiger charge is -2.09. The van der Waals surface area contributed by atoms with E-state index in [4.69, 9.17) is 16.4 Å². The summed E-state index contributed by atoms with van der Waals surface area (Å²) in [6.45, 7) is 4.12.